The fraction of sp³-hybridized carbons (Fsp3) is 0.545. The van der Waals surface area contributed by atoms with Crippen molar-refractivity contribution < 1.29 is 21.6 Å². The van der Waals surface area contributed by atoms with Crippen LogP contribution in [0.15, 0.2) is 23.2 Å². The number of halogens is 3. The van der Waals surface area contributed by atoms with Crippen LogP contribution < -0.4 is 5.32 Å². The Morgan fingerprint density at radius 1 is 1.45 bits per heavy atom. The zero-order valence-corrected chi connectivity index (χ0v) is 11.5. The molecule has 9 heteroatoms. The lowest BCUT2D eigenvalue weighted by Gasteiger charge is -2.23. The molecule has 1 fully saturated rings. The molecule has 2 rings (SSSR count). The second kappa shape index (κ2) is 5.21. The average Bonchev–Trinajstić information content (AvgIpc) is 3.19. The highest BCUT2D eigenvalue weighted by Crippen LogP contribution is 2.34. The highest BCUT2D eigenvalue weighted by molar-refractivity contribution is 7.89. The van der Waals surface area contributed by atoms with Gasteiger partial charge in [-0.15, -0.1) is 0 Å². The third-order valence-corrected chi connectivity index (χ3v) is 4.78. The van der Waals surface area contributed by atoms with Crippen molar-refractivity contribution in [3.8, 4) is 0 Å². The summed E-state index contributed by atoms with van der Waals surface area (Å²) >= 11 is 0. The highest BCUT2D eigenvalue weighted by atomic mass is 32.2. The molecule has 20 heavy (non-hydrogen) atoms. The fourth-order valence-electron chi connectivity index (χ4n) is 1.79. The summed E-state index contributed by atoms with van der Waals surface area (Å²) in [5.74, 6) is 0.286. The Balaban J connectivity index is 2.35. The normalized spacial score (nSPS) is 16.4. The number of anilines is 1. The van der Waals surface area contributed by atoms with E-state index in [-0.39, 0.29) is 10.7 Å². The second-order valence-electron chi connectivity index (χ2n) is 4.52. The van der Waals surface area contributed by atoms with Gasteiger partial charge in [-0.2, -0.15) is 17.5 Å². The summed E-state index contributed by atoms with van der Waals surface area (Å²) in [4.78, 5) is 3.66. The molecular weight excluding hydrogens is 295 g/mol. The van der Waals surface area contributed by atoms with E-state index < -0.39 is 28.8 Å². The first-order chi connectivity index (χ1) is 9.24. The number of hydrogen-bond acceptors (Lipinski definition) is 4. The Kier molecular flexibility index (Phi) is 3.92. The third kappa shape index (κ3) is 3.40. The topological polar surface area (TPSA) is 62.3 Å². The van der Waals surface area contributed by atoms with E-state index >= 15 is 0 Å². The largest absolute Gasteiger partial charge is 0.402 e. The van der Waals surface area contributed by atoms with Gasteiger partial charge in [0, 0.05) is 25.4 Å². The Hall–Kier alpha value is -1.35. The molecule has 1 saturated carbocycles. The van der Waals surface area contributed by atoms with E-state index in [1.165, 1.54) is 18.3 Å². The predicted octanol–water partition coefficient (Wildman–Crippen LogP) is 1.84. The summed E-state index contributed by atoms with van der Waals surface area (Å²) in [5, 5.41) is 2.66. The van der Waals surface area contributed by atoms with E-state index in [2.05, 4.69) is 10.3 Å². The van der Waals surface area contributed by atoms with Crippen molar-refractivity contribution in [1.29, 1.82) is 0 Å². The van der Waals surface area contributed by atoms with Crippen LogP contribution in [0.2, 0.25) is 0 Å². The number of hydrogen-bond donors (Lipinski definition) is 1. The van der Waals surface area contributed by atoms with Gasteiger partial charge in [0.05, 0.1) is 4.90 Å². The molecule has 0 spiro atoms. The Bertz CT molecular complexity index is 585. The smallest absolute Gasteiger partial charge is 0.373 e. The number of aromatic nitrogens is 1. The van der Waals surface area contributed by atoms with Crippen molar-refractivity contribution in [3.63, 3.8) is 0 Å². The quantitative estimate of drug-likeness (QED) is 0.901. The first-order valence-corrected chi connectivity index (χ1v) is 7.40. The molecular formula is C11H14F3N3O2S. The van der Waals surface area contributed by atoms with Crippen molar-refractivity contribution >= 4 is 15.8 Å². The van der Waals surface area contributed by atoms with Gasteiger partial charge in [-0.05, 0) is 18.9 Å². The maximum Gasteiger partial charge on any atom is 0.402 e. The molecule has 5 nitrogen and oxygen atoms in total. The summed E-state index contributed by atoms with van der Waals surface area (Å²) in [7, 11) is -2.62. The molecule has 1 heterocycles. The fourth-order valence-corrected chi connectivity index (χ4v) is 3.48. The summed E-state index contributed by atoms with van der Waals surface area (Å²) in [6.07, 6.45) is -2.40. The van der Waals surface area contributed by atoms with Crippen molar-refractivity contribution in [1.82, 2.24) is 9.29 Å². The molecule has 1 aromatic heterocycles. The molecule has 1 aromatic rings. The third-order valence-electron chi connectivity index (χ3n) is 2.88. The Morgan fingerprint density at radius 2 is 2.10 bits per heavy atom. The number of rotatable bonds is 5. The van der Waals surface area contributed by atoms with Crippen LogP contribution in [0.1, 0.15) is 12.8 Å². The molecule has 112 valence electrons. The van der Waals surface area contributed by atoms with E-state index in [0.717, 1.165) is 0 Å². The minimum atomic E-state index is -4.56. The highest BCUT2D eigenvalue weighted by Gasteiger charge is 2.44. The Morgan fingerprint density at radius 3 is 2.60 bits per heavy atom. The van der Waals surface area contributed by atoms with E-state index in [0.29, 0.717) is 17.1 Å². The van der Waals surface area contributed by atoms with Gasteiger partial charge in [0.2, 0.25) is 10.0 Å². The van der Waals surface area contributed by atoms with Crippen LogP contribution in [0.4, 0.5) is 19.0 Å². The lowest BCUT2D eigenvalue weighted by Crippen LogP contribution is -2.40. The lowest BCUT2D eigenvalue weighted by molar-refractivity contribution is -0.137. The van der Waals surface area contributed by atoms with Gasteiger partial charge < -0.3 is 5.32 Å². The monoisotopic (exact) mass is 309 g/mol. The molecule has 1 aliphatic rings. The van der Waals surface area contributed by atoms with Crippen LogP contribution >= 0.6 is 0 Å². The van der Waals surface area contributed by atoms with Crippen LogP contribution in [0, 0.1) is 0 Å². The maximum absolute atomic E-state index is 12.6. The van der Waals surface area contributed by atoms with Crippen LogP contribution in [-0.4, -0.2) is 43.5 Å². The van der Waals surface area contributed by atoms with E-state index in [1.807, 2.05) is 0 Å². The van der Waals surface area contributed by atoms with Gasteiger partial charge >= 0.3 is 6.18 Å². The van der Waals surface area contributed by atoms with Crippen LogP contribution in [0.5, 0.6) is 0 Å². The van der Waals surface area contributed by atoms with E-state index in [4.69, 9.17) is 0 Å². The molecule has 0 aliphatic heterocycles. The minimum Gasteiger partial charge on any atom is -0.373 e. The van der Waals surface area contributed by atoms with Crippen LogP contribution in [-0.2, 0) is 10.0 Å². The molecule has 0 saturated heterocycles. The lowest BCUT2D eigenvalue weighted by atomic mass is 10.5. The van der Waals surface area contributed by atoms with Gasteiger partial charge in [0.25, 0.3) is 0 Å². The molecule has 0 atom stereocenters. The zero-order valence-electron chi connectivity index (χ0n) is 10.7. The van der Waals surface area contributed by atoms with Crippen molar-refractivity contribution in [2.45, 2.75) is 30.0 Å². The zero-order chi connectivity index (χ0) is 15.0. The molecule has 1 aliphatic carbocycles. The number of pyridine rings is 1. The van der Waals surface area contributed by atoms with Gasteiger partial charge in [0.1, 0.15) is 12.4 Å². The maximum atomic E-state index is 12.6. The number of nitrogens with zero attached hydrogens (tertiary/aromatic N) is 2. The van der Waals surface area contributed by atoms with E-state index in [1.54, 1.807) is 7.05 Å². The van der Waals surface area contributed by atoms with Gasteiger partial charge in [0.15, 0.2) is 0 Å². The van der Waals surface area contributed by atoms with Crippen molar-refractivity contribution in [3.05, 3.63) is 18.3 Å². The van der Waals surface area contributed by atoms with Crippen molar-refractivity contribution in [2.24, 2.45) is 0 Å². The number of nitrogens with one attached hydrogen (secondary N) is 1. The van der Waals surface area contributed by atoms with Crippen molar-refractivity contribution in [2.75, 3.05) is 18.9 Å². The van der Waals surface area contributed by atoms with Crippen LogP contribution in [0.3, 0.4) is 0 Å². The molecule has 0 aromatic carbocycles. The van der Waals surface area contributed by atoms with Crippen LogP contribution in [0.25, 0.3) is 0 Å². The average molecular weight is 309 g/mol. The predicted molar refractivity (Wildman–Crippen MR) is 66.8 cm³/mol. The van der Waals surface area contributed by atoms with Gasteiger partial charge in [-0.25, -0.2) is 13.4 Å². The molecule has 0 bridgehead atoms. The summed E-state index contributed by atoms with van der Waals surface area (Å²) < 4.78 is 62.9. The van der Waals surface area contributed by atoms with Gasteiger partial charge in [-0.3, -0.25) is 0 Å². The molecule has 0 unspecified atom stereocenters. The number of alkyl halides is 3. The second-order valence-corrected chi connectivity index (χ2v) is 6.41. The first kappa shape index (κ1) is 15.0. The summed E-state index contributed by atoms with van der Waals surface area (Å²) in [5.41, 5.74) is 0. The number of sulfonamides is 1. The summed E-state index contributed by atoms with van der Waals surface area (Å²) in [6, 6.07) is 1.86. The van der Waals surface area contributed by atoms with Gasteiger partial charge in [-0.1, -0.05) is 0 Å². The molecule has 0 amide bonds. The Labute approximate surface area is 114 Å². The minimum absolute atomic E-state index is 0.187. The SMILES string of the molecule is CNc1cc(S(=O)(=O)N(CC(F)(F)F)C2CC2)ccn1. The molecule has 0 radical (unpaired) electrons. The summed E-state index contributed by atoms with van der Waals surface area (Å²) in [6.45, 7) is -1.46. The molecule has 1 N–H and O–H groups in total. The standard InChI is InChI=1S/C11H14F3N3O2S/c1-15-10-6-9(4-5-16-10)20(18,19)17(8-2-3-8)7-11(12,13)14/h4-6,8H,2-3,7H2,1H3,(H,15,16). The first-order valence-electron chi connectivity index (χ1n) is 5.96. The van der Waals surface area contributed by atoms with E-state index in [9.17, 15) is 21.6 Å².